The van der Waals surface area contributed by atoms with Crippen LogP contribution < -0.4 is 10.6 Å². The maximum absolute atomic E-state index is 14.1. The van der Waals surface area contributed by atoms with Crippen LogP contribution in [0.1, 0.15) is 24.8 Å². The third-order valence-electron chi connectivity index (χ3n) is 5.92. The molecule has 1 aromatic carbocycles. The van der Waals surface area contributed by atoms with Crippen LogP contribution in [0.5, 0.6) is 0 Å². The van der Waals surface area contributed by atoms with Gasteiger partial charge < -0.3 is 10.2 Å². The maximum Gasteiger partial charge on any atom is 0.258 e. The molecule has 8 heteroatoms. The Balaban J connectivity index is 1.26. The molecule has 2 N–H and O–H groups in total. The van der Waals surface area contributed by atoms with Gasteiger partial charge in [-0.1, -0.05) is 18.2 Å². The van der Waals surface area contributed by atoms with Gasteiger partial charge in [-0.2, -0.15) is 0 Å². The summed E-state index contributed by atoms with van der Waals surface area (Å²) in [5, 5.41) is 5.94. The van der Waals surface area contributed by atoms with Gasteiger partial charge in [-0.15, -0.1) is 0 Å². The molecule has 3 aliphatic rings. The standard InChI is InChI=1S/C20H26F2N4O2/c21-15-4-2-1-3-13(15)7-8-16(27)25-9-11-26(12-10-25)20-23-18(14-5-6-14)17(22)19(28)24-20/h1-4,14,17-18,20,23H,5-12H2,(H,24,28). The van der Waals surface area contributed by atoms with Crippen molar-refractivity contribution in [2.24, 2.45) is 5.92 Å². The topological polar surface area (TPSA) is 64.7 Å². The van der Waals surface area contributed by atoms with Gasteiger partial charge in [0.05, 0.1) is 6.04 Å². The Morgan fingerprint density at radius 3 is 2.54 bits per heavy atom. The Hall–Kier alpha value is -2.06. The second-order valence-corrected chi connectivity index (χ2v) is 7.85. The van der Waals surface area contributed by atoms with E-state index in [9.17, 15) is 18.4 Å². The van der Waals surface area contributed by atoms with Crippen LogP contribution in [0.15, 0.2) is 24.3 Å². The first-order valence-electron chi connectivity index (χ1n) is 9.98. The van der Waals surface area contributed by atoms with E-state index >= 15 is 0 Å². The van der Waals surface area contributed by atoms with E-state index in [2.05, 4.69) is 10.6 Å². The minimum absolute atomic E-state index is 0.00298. The second kappa shape index (κ2) is 8.13. The third-order valence-corrected chi connectivity index (χ3v) is 5.92. The lowest BCUT2D eigenvalue weighted by Crippen LogP contribution is -2.70. The highest BCUT2D eigenvalue weighted by atomic mass is 19.1. The highest BCUT2D eigenvalue weighted by Gasteiger charge is 2.46. The second-order valence-electron chi connectivity index (χ2n) is 7.85. The van der Waals surface area contributed by atoms with Gasteiger partial charge in [0.25, 0.3) is 5.91 Å². The molecule has 3 fully saturated rings. The van der Waals surface area contributed by atoms with Crippen LogP contribution in [0, 0.1) is 11.7 Å². The van der Waals surface area contributed by atoms with Crippen LogP contribution >= 0.6 is 0 Å². The minimum atomic E-state index is -1.50. The lowest BCUT2D eigenvalue weighted by molar-refractivity contribution is -0.138. The zero-order valence-electron chi connectivity index (χ0n) is 15.7. The normalized spacial score (nSPS) is 28.9. The molecule has 0 bridgehead atoms. The molecule has 2 amide bonds. The average Bonchev–Trinajstić information content (AvgIpc) is 3.54. The molecule has 152 valence electrons. The smallest absolute Gasteiger partial charge is 0.258 e. The molecule has 3 atom stereocenters. The predicted molar refractivity (Wildman–Crippen MR) is 99.3 cm³/mol. The summed E-state index contributed by atoms with van der Waals surface area (Å²) in [6.45, 7) is 2.27. The summed E-state index contributed by atoms with van der Waals surface area (Å²) in [4.78, 5) is 28.2. The number of carbonyl (C=O) groups excluding carboxylic acids is 2. The Morgan fingerprint density at radius 2 is 1.86 bits per heavy atom. The van der Waals surface area contributed by atoms with Crippen molar-refractivity contribution in [1.82, 2.24) is 20.4 Å². The molecular formula is C20H26F2N4O2. The molecule has 1 saturated carbocycles. The number of carbonyl (C=O) groups is 2. The number of nitrogens with zero attached hydrogens (tertiary/aromatic N) is 2. The van der Waals surface area contributed by atoms with E-state index in [1.54, 1.807) is 23.1 Å². The summed E-state index contributed by atoms with van der Waals surface area (Å²) < 4.78 is 27.8. The van der Waals surface area contributed by atoms with Crippen LogP contribution in [0.25, 0.3) is 0 Å². The summed E-state index contributed by atoms with van der Waals surface area (Å²) in [6.07, 6.45) is 0.690. The van der Waals surface area contributed by atoms with Crippen molar-refractivity contribution in [2.45, 2.75) is 44.2 Å². The molecule has 1 aromatic rings. The van der Waals surface area contributed by atoms with E-state index in [0.717, 1.165) is 12.8 Å². The molecular weight excluding hydrogens is 366 g/mol. The van der Waals surface area contributed by atoms with Crippen molar-refractivity contribution in [3.05, 3.63) is 35.6 Å². The summed E-state index contributed by atoms with van der Waals surface area (Å²) in [5.74, 6) is -0.590. The number of aryl methyl sites for hydroxylation is 1. The van der Waals surface area contributed by atoms with Gasteiger partial charge in [-0.05, 0) is 36.8 Å². The van der Waals surface area contributed by atoms with Gasteiger partial charge in [0.2, 0.25) is 5.91 Å². The molecule has 2 heterocycles. The quantitative estimate of drug-likeness (QED) is 0.786. The summed E-state index contributed by atoms with van der Waals surface area (Å²) >= 11 is 0. The van der Waals surface area contributed by atoms with Gasteiger partial charge in [-0.25, -0.2) is 8.78 Å². The number of hydrogen-bond acceptors (Lipinski definition) is 4. The van der Waals surface area contributed by atoms with Crippen molar-refractivity contribution < 1.29 is 18.4 Å². The monoisotopic (exact) mass is 392 g/mol. The van der Waals surface area contributed by atoms with Gasteiger partial charge in [0, 0.05) is 32.6 Å². The molecule has 0 radical (unpaired) electrons. The van der Waals surface area contributed by atoms with Crippen LogP contribution in [0.4, 0.5) is 8.78 Å². The number of alkyl halides is 1. The van der Waals surface area contributed by atoms with Crippen LogP contribution in [-0.4, -0.2) is 66.3 Å². The Kier molecular flexibility index (Phi) is 5.59. The first kappa shape index (κ1) is 19.3. The number of benzene rings is 1. The number of amides is 2. The minimum Gasteiger partial charge on any atom is -0.340 e. The molecule has 1 aliphatic carbocycles. The number of halogens is 2. The summed E-state index contributed by atoms with van der Waals surface area (Å²) in [7, 11) is 0. The number of rotatable bonds is 5. The molecule has 4 rings (SSSR count). The lowest BCUT2D eigenvalue weighted by Gasteiger charge is -2.43. The highest BCUT2D eigenvalue weighted by Crippen LogP contribution is 2.36. The fourth-order valence-corrected chi connectivity index (χ4v) is 4.04. The van der Waals surface area contributed by atoms with Crippen molar-refractivity contribution >= 4 is 11.8 Å². The van der Waals surface area contributed by atoms with Crippen LogP contribution in [-0.2, 0) is 16.0 Å². The van der Waals surface area contributed by atoms with E-state index in [4.69, 9.17) is 0 Å². The molecule has 6 nitrogen and oxygen atoms in total. The summed E-state index contributed by atoms with van der Waals surface area (Å²) in [6, 6.07) is 6.09. The zero-order chi connectivity index (χ0) is 19.7. The van der Waals surface area contributed by atoms with Crippen molar-refractivity contribution in [1.29, 1.82) is 0 Å². The first-order valence-corrected chi connectivity index (χ1v) is 9.98. The van der Waals surface area contributed by atoms with E-state index < -0.39 is 18.1 Å². The highest BCUT2D eigenvalue weighted by molar-refractivity contribution is 5.82. The predicted octanol–water partition coefficient (Wildman–Crippen LogP) is 1.02. The molecule has 2 aliphatic heterocycles. The van der Waals surface area contributed by atoms with Crippen molar-refractivity contribution in [3.63, 3.8) is 0 Å². The summed E-state index contributed by atoms with van der Waals surface area (Å²) in [5.41, 5.74) is 0.551. The Morgan fingerprint density at radius 1 is 1.14 bits per heavy atom. The number of piperazine rings is 1. The molecule has 2 saturated heterocycles. The Labute approximate surface area is 163 Å². The lowest BCUT2D eigenvalue weighted by atomic mass is 10.0. The first-order chi connectivity index (χ1) is 13.5. The third kappa shape index (κ3) is 4.17. The average molecular weight is 392 g/mol. The SMILES string of the molecule is O=C1NC(N2CCN(C(=O)CCc3ccccc3F)CC2)NC(C2CC2)C1F. The Bertz CT molecular complexity index is 735. The van der Waals surface area contributed by atoms with E-state index in [0.29, 0.717) is 38.2 Å². The van der Waals surface area contributed by atoms with Gasteiger partial charge in [0.1, 0.15) is 12.1 Å². The van der Waals surface area contributed by atoms with E-state index in [1.165, 1.54) is 6.07 Å². The molecule has 0 spiro atoms. The van der Waals surface area contributed by atoms with Crippen molar-refractivity contribution in [2.75, 3.05) is 26.2 Å². The molecule has 3 unspecified atom stereocenters. The number of hydrogen-bond donors (Lipinski definition) is 2. The number of nitrogens with one attached hydrogen (secondary N) is 2. The van der Waals surface area contributed by atoms with Gasteiger partial charge >= 0.3 is 0 Å². The van der Waals surface area contributed by atoms with Crippen LogP contribution in [0.3, 0.4) is 0 Å². The van der Waals surface area contributed by atoms with Crippen LogP contribution in [0.2, 0.25) is 0 Å². The maximum atomic E-state index is 14.1. The molecule has 28 heavy (non-hydrogen) atoms. The largest absolute Gasteiger partial charge is 0.340 e. The van der Waals surface area contributed by atoms with Gasteiger partial charge in [0.15, 0.2) is 6.17 Å². The fourth-order valence-electron chi connectivity index (χ4n) is 4.04. The fraction of sp³-hybridized carbons (Fsp3) is 0.600. The van der Waals surface area contributed by atoms with E-state index in [1.807, 2.05) is 4.90 Å². The zero-order valence-corrected chi connectivity index (χ0v) is 15.7. The van der Waals surface area contributed by atoms with Crippen molar-refractivity contribution in [3.8, 4) is 0 Å². The molecule has 0 aromatic heterocycles. The van der Waals surface area contributed by atoms with Gasteiger partial charge in [-0.3, -0.25) is 19.8 Å². The van der Waals surface area contributed by atoms with E-state index in [-0.39, 0.29) is 30.4 Å².